The molecule has 1 heterocycles. The van der Waals surface area contributed by atoms with E-state index in [1.807, 2.05) is 6.92 Å². The number of hydrogen-bond acceptors (Lipinski definition) is 5. The molecule has 16 heavy (non-hydrogen) atoms. The van der Waals surface area contributed by atoms with Crippen molar-refractivity contribution in [2.45, 2.75) is 6.92 Å². The number of nitrogens with zero attached hydrogens (tertiary/aromatic N) is 1. The second kappa shape index (κ2) is 5.92. The number of rotatable bonds is 7. The first-order valence-electron chi connectivity index (χ1n) is 4.74. The number of carboxylic acids is 1. The molecule has 88 valence electrons. The van der Waals surface area contributed by atoms with Gasteiger partial charge in [0.25, 0.3) is 6.01 Å². The molecule has 0 aliphatic rings. The van der Waals surface area contributed by atoms with Crippen LogP contribution in [0, 0.1) is 0 Å². The van der Waals surface area contributed by atoms with Crippen LogP contribution in [0.1, 0.15) is 17.4 Å². The van der Waals surface area contributed by atoms with Crippen LogP contribution in [0.5, 0.6) is 0 Å². The lowest BCUT2D eigenvalue weighted by Crippen LogP contribution is -2.10. The third kappa shape index (κ3) is 4.14. The number of carboxylic acid groups (broad SMARTS) is 1. The predicted molar refractivity (Wildman–Crippen MR) is 57.6 cm³/mol. The number of hydrogen-bond donors (Lipinski definition) is 2. The Labute approximate surface area is 92.9 Å². The van der Waals surface area contributed by atoms with E-state index in [-0.39, 0.29) is 11.7 Å². The summed E-state index contributed by atoms with van der Waals surface area (Å²) in [4.78, 5) is 14.2. The molecule has 0 unspecified atom stereocenters. The topological polar surface area (TPSA) is 84.6 Å². The first-order chi connectivity index (χ1) is 7.59. The zero-order valence-corrected chi connectivity index (χ0v) is 9.02. The lowest BCUT2D eigenvalue weighted by atomic mass is 10.4. The Morgan fingerprint density at radius 3 is 3.06 bits per heavy atom. The van der Waals surface area contributed by atoms with E-state index in [0.717, 1.165) is 11.8 Å². The molecule has 1 aromatic rings. The van der Waals surface area contributed by atoms with Crippen molar-refractivity contribution in [1.82, 2.24) is 4.98 Å². The Morgan fingerprint density at radius 2 is 2.50 bits per heavy atom. The summed E-state index contributed by atoms with van der Waals surface area (Å²) in [6.45, 7) is 7.04. The van der Waals surface area contributed by atoms with Gasteiger partial charge in [0.15, 0.2) is 5.69 Å². The summed E-state index contributed by atoms with van der Waals surface area (Å²) >= 11 is 0. The summed E-state index contributed by atoms with van der Waals surface area (Å²) in [7, 11) is 0. The molecular weight excluding hydrogens is 212 g/mol. The Kier molecular flexibility index (Phi) is 4.53. The van der Waals surface area contributed by atoms with Crippen molar-refractivity contribution in [3.8, 4) is 0 Å². The van der Waals surface area contributed by atoms with Crippen molar-refractivity contribution < 1.29 is 19.1 Å². The molecule has 1 rings (SSSR count). The molecule has 6 heteroatoms. The largest absolute Gasteiger partial charge is 0.476 e. The van der Waals surface area contributed by atoms with Gasteiger partial charge in [-0.1, -0.05) is 12.2 Å². The summed E-state index contributed by atoms with van der Waals surface area (Å²) in [5.41, 5.74) is 0.828. The van der Waals surface area contributed by atoms with E-state index in [4.69, 9.17) is 14.3 Å². The third-order valence-corrected chi connectivity index (χ3v) is 1.59. The molecule has 1 aromatic heterocycles. The van der Waals surface area contributed by atoms with E-state index < -0.39 is 5.97 Å². The van der Waals surface area contributed by atoms with Gasteiger partial charge < -0.3 is 19.6 Å². The lowest BCUT2D eigenvalue weighted by molar-refractivity contribution is 0.0690. The predicted octanol–water partition coefficient (Wildman–Crippen LogP) is 1.38. The zero-order chi connectivity index (χ0) is 12.0. The highest BCUT2D eigenvalue weighted by atomic mass is 16.5. The number of carbonyl (C=O) groups is 1. The standard InChI is InChI=1S/C10H14N2O4/c1-7(2)5-15-4-3-11-10-12-8(6-16-10)9(13)14/h6H,1,3-5H2,2H3,(H,11,12)(H,13,14). The van der Waals surface area contributed by atoms with Crippen LogP contribution in [0.2, 0.25) is 0 Å². The molecule has 0 saturated heterocycles. The van der Waals surface area contributed by atoms with Gasteiger partial charge in [-0.2, -0.15) is 4.98 Å². The molecule has 0 fully saturated rings. The zero-order valence-electron chi connectivity index (χ0n) is 9.02. The monoisotopic (exact) mass is 226 g/mol. The highest BCUT2D eigenvalue weighted by molar-refractivity contribution is 5.85. The quantitative estimate of drug-likeness (QED) is 0.539. The highest BCUT2D eigenvalue weighted by Crippen LogP contribution is 2.06. The fraction of sp³-hybridized carbons (Fsp3) is 0.400. The average Bonchev–Trinajstić information content (AvgIpc) is 2.65. The van der Waals surface area contributed by atoms with Crippen molar-refractivity contribution in [2.24, 2.45) is 0 Å². The number of oxazole rings is 1. The van der Waals surface area contributed by atoms with Crippen LogP contribution in [-0.2, 0) is 4.74 Å². The first kappa shape index (κ1) is 12.3. The van der Waals surface area contributed by atoms with E-state index in [1.54, 1.807) is 0 Å². The van der Waals surface area contributed by atoms with Crippen molar-refractivity contribution >= 4 is 12.0 Å². The molecule has 0 amide bonds. The molecule has 0 aliphatic heterocycles. The maximum Gasteiger partial charge on any atom is 0.357 e. The van der Waals surface area contributed by atoms with Crippen molar-refractivity contribution in [1.29, 1.82) is 0 Å². The second-order valence-electron chi connectivity index (χ2n) is 3.28. The summed E-state index contributed by atoms with van der Waals surface area (Å²) in [5, 5.41) is 11.4. The van der Waals surface area contributed by atoms with Gasteiger partial charge in [-0.25, -0.2) is 4.79 Å². The molecule has 0 atom stereocenters. The van der Waals surface area contributed by atoms with Crippen LogP contribution in [-0.4, -0.2) is 35.8 Å². The summed E-state index contributed by atoms with van der Waals surface area (Å²) in [6.07, 6.45) is 1.08. The Balaban J connectivity index is 2.21. The number of aromatic nitrogens is 1. The lowest BCUT2D eigenvalue weighted by Gasteiger charge is -2.03. The first-order valence-corrected chi connectivity index (χ1v) is 4.74. The fourth-order valence-electron chi connectivity index (χ4n) is 0.930. The van der Waals surface area contributed by atoms with Gasteiger partial charge in [-0.3, -0.25) is 0 Å². The van der Waals surface area contributed by atoms with Gasteiger partial charge in [-0.05, 0) is 6.92 Å². The second-order valence-corrected chi connectivity index (χ2v) is 3.28. The van der Waals surface area contributed by atoms with Crippen LogP contribution in [0.3, 0.4) is 0 Å². The van der Waals surface area contributed by atoms with Gasteiger partial charge in [-0.15, -0.1) is 0 Å². The molecule has 0 bridgehead atoms. The normalized spacial score (nSPS) is 10.1. The van der Waals surface area contributed by atoms with E-state index in [1.165, 1.54) is 0 Å². The van der Waals surface area contributed by atoms with E-state index in [2.05, 4.69) is 16.9 Å². The molecule has 0 aliphatic carbocycles. The summed E-state index contributed by atoms with van der Waals surface area (Å²) in [6, 6.07) is 0.177. The summed E-state index contributed by atoms with van der Waals surface area (Å²) in [5.74, 6) is -1.12. The molecular formula is C10H14N2O4. The van der Waals surface area contributed by atoms with Gasteiger partial charge in [0.05, 0.1) is 13.2 Å². The Morgan fingerprint density at radius 1 is 1.75 bits per heavy atom. The van der Waals surface area contributed by atoms with Crippen LogP contribution in [0.4, 0.5) is 6.01 Å². The molecule has 2 N–H and O–H groups in total. The molecule has 0 saturated carbocycles. The third-order valence-electron chi connectivity index (χ3n) is 1.59. The fourth-order valence-corrected chi connectivity index (χ4v) is 0.930. The molecule has 6 nitrogen and oxygen atoms in total. The minimum absolute atomic E-state index is 0.120. The van der Waals surface area contributed by atoms with E-state index in [9.17, 15) is 4.79 Å². The SMILES string of the molecule is C=C(C)COCCNc1nc(C(=O)O)co1. The maximum absolute atomic E-state index is 10.5. The van der Waals surface area contributed by atoms with E-state index in [0.29, 0.717) is 19.8 Å². The average molecular weight is 226 g/mol. The van der Waals surface area contributed by atoms with Crippen LogP contribution >= 0.6 is 0 Å². The van der Waals surface area contributed by atoms with Crippen molar-refractivity contribution in [2.75, 3.05) is 25.1 Å². The Bertz CT molecular complexity index is 373. The van der Waals surface area contributed by atoms with Crippen LogP contribution in [0.15, 0.2) is 22.8 Å². The Hall–Kier alpha value is -1.82. The minimum Gasteiger partial charge on any atom is -0.476 e. The van der Waals surface area contributed by atoms with Gasteiger partial charge in [0.2, 0.25) is 0 Å². The van der Waals surface area contributed by atoms with Gasteiger partial charge in [0.1, 0.15) is 6.26 Å². The number of aromatic carboxylic acids is 1. The number of ether oxygens (including phenoxy) is 1. The van der Waals surface area contributed by atoms with Crippen LogP contribution < -0.4 is 5.32 Å². The smallest absolute Gasteiger partial charge is 0.357 e. The van der Waals surface area contributed by atoms with Gasteiger partial charge >= 0.3 is 5.97 Å². The maximum atomic E-state index is 10.5. The van der Waals surface area contributed by atoms with Gasteiger partial charge in [0, 0.05) is 6.54 Å². The van der Waals surface area contributed by atoms with Crippen molar-refractivity contribution in [3.05, 3.63) is 24.1 Å². The molecule has 0 aromatic carbocycles. The van der Waals surface area contributed by atoms with Crippen molar-refractivity contribution in [3.63, 3.8) is 0 Å². The molecule has 0 spiro atoms. The minimum atomic E-state index is -1.12. The number of nitrogens with one attached hydrogen (secondary N) is 1. The highest BCUT2D eigenvalue weighted by Gasteiger charge is 2.09. The van der Waals surface area contributed by atoms with Crippen LogP contribution in [0.25, 0.3) is 0 Å². The summed E-state index contributed by atoms with van der Waals surface area (Å²) < 4.78 is 10.1. The molecule has 0 radical (unpaired) electrons. The number of anilines is 1. The van der Waals surface area contributed by atoms with E-state index >= 15 is 0 Å².